The molecule has 118 valence electrons. The van der Waals surface area contributed by atoms with E-state index in [2.05, 4.69) is 5.32 Å². The van der Waals surface area contributed by atoms with E-state index in [1.54, 1.807) is 24.3 Å². The molecule has 0 fully saturated rings. The molecule has 21 heavy (non-hydrogen) atoms. The number of ether oxygens (including phenoxy) is 1. The van der Waals surface area contributed by atoms with Crippen LogP contribution in [0.1, 0.15) is 20.8 Å². The Bertz CT molecular complexity index is 584. The minimum atomic E-state index is -3.56. The topological polar surface area (TPSA) is 75.7 Å². The predicted octanol–water partition coefficient (Wildman–Crippen LogP) is 1.38. The lowest BCUT2D eigenvalue weighted by Gasteiger charge is -2.23. The Balaban J connectivity index is 3.03. The van der Waals surface area contributed by atoms with Gasteiger partial charge in [-0.25, -0.2) is 8.42 Å². The van der Waals surface area contributed by atoms with Crippen LogP contribution in [0.2, 0.25) is 0 Å². The summed E-state index contributed by atoms with van der Waals surface area (Å²) >= 11 is 0. The molecule has 0 heterocycles. The molecule has 0 aliphatic carbocycles. The Morgan fingerprint density at radius 2 is 2.05 bits per heavy atom. The number of amides is 1. The van der Waals surface area contributed by atoms with Gasteiger partial charge >= 0.3 is 0 Å². The molecule has 0 atom stereocenters. The van der Waals surface area contributed by atoms with Crippen molar-refractivity contribution >= 4 is 21.6 Å². The number of sulfonamides is 1. The Labute approximate surface area is 126 Å². The van der Waals surface area contributed by atoms with Gasteiger partial charge in [-0.1, -0.05) is 6.07 Å². The summed E-state index contributed by atoms with van der Waals surface area (Å²) in [4.78, 5) is 11.8. The van der Waals surface area contributed by atoms with Gasteiger partial charge in [-0.3, -0.25) is 9.10 Å². The van der Waals surface area contributed by atoms with Crippen LogP contribution in [0, 0.1) is 0 Å². The molecule has 6 nitrogen and oxygen atoms in total. The Kier molecular flexibility index (Phi) is 6.02. The third kappa shape index (κ3) is 5.63. The van der Waals surface area contributed by atoms with Crippen molar-refractivity contribution < 1.29 is 17.9 Å². The zero-order valence-corrected chi connectivity index (χ0v) is 13.6. The molecule has 0 aliphatic rings. The van der Waals surface area contributed by atoms with Crippen LogP contribution in [0.3, 0.4) is 0 Å². The van der Waals surface area contributed by atoms with E-state index in [0.29, 0.717) is 18.0 Å². The molecular weight excluding hydrogens is 292 g/mol. The number of nitrogens with one attached hydrogen (secondary N) is 1. The zero-order chi connectivity index (χ0) is 16.0. The second-order valence-corrected chi connectivity index (χ2v) is 6.83. The highest BCUT2D eigenvalue weighted by Gasteiger charge is 2.21. The Morgan fingerprint density at radius 3 is 2.57 bits per heavy atom. The van der Waals surface area contributed by atoms with Crippen molar-refractivity contribution in [3.05, 3.63) is 24.3 Å². The van der Waals surface area contributed by atoms with E-state index in [0.717, 1.165) is 10.6 Å². The normalized spacial score (nSPS) is 11.3. The maximum absolute atomic E-state index is 11.9. The predicted molar refractivity (Wildman–Crippen MR) is 83.1 cm³/mol. The average Bonchev–Trinajstić information content (AvgIpc) is 2.34. The van der Waals surface area contributed by atoms with Crippen LogP contribution < -0.4 is 14.4 Å². The number of anilines is 1. The van der Waals surface area contributed by atoms with Crippen molar-refractivity contribution in [2.45, 2.75) is 26.8 Å². The molecule has 1 N–H and O–H groups in total. The molecule has 0 saturated carbocycles. The fourth-order valence-corrected chi connectivity index (χ4v) is 2.64. The highest BCUT2D eigenvalue weighted by atomic mass is 32.2. The highest BCUT2D eigenvalue weighted by Crippen LogP contribution is 2.23. The standard InChI is InChI=1S/C14H22N2O4S/c1-5-20-13-8-6-7-12(9-13)16(21(4,18)19)10-14(17)15-11(2)3/h6-9,11H,5,10H2,1-4H3,(H,15,17). The minimum Gasteiger partial charge on any atom is -0.494 e. The number of hydrogen-bond donors (Lipinski definition) is 1. The minimum absolute atomic E-state index is 0.0475. The van der Waals surface area contributed by atoms with Gasteiger partial charge in [0, 0.05) is 12.1 Å². The van der Waals surface area contributed by atoms with Crippen molar-refractivity contribution in [3.8, 4) is 5.75 Å². The number of benzene rings is 1. The van der Waals surface area contributed by atoms with Crippen molar-refractivity contribution in [1.29, 1.82) is 0 Å². The number of carbonyl (C=O) groups excluding carboxylic acids is 1. The summed E-state index contributed by atoms with van der Waals surface area (Å²) in [6.07, 6.45) is 1.07. The van der Waals surface area contributed by atoms with E-state index in [9.17, 15) is 13.2 Å². The van der Waals surface area contributed by atoms with Crippen LogP contribution in [-0.2, 0) is 14.8 Å². The summed E-state index contributed by atoms with van der Waals surface area (Å²) < 4.78 is 30.3. The molecule has 0 saturated heterocycles. The lowest BCUT2D eigenvalue weighted by molar-refractivity contribution is -0.120. The molecule has 0 aliphatic heterocycles. The van der Waals surface area contributed by atoms with Gasteiger partial charge in [0.05, 0.1) is 18.6 Å². The molecule has 1 aromatic rings. The lowest BCUT2D eigenvalue weighted by Crippen LogP contribution is -2.42. The maximum atomic E-state index is 11.9. The Morgan fingerprint density at radius 1 is 1.38 bits per heavy atom. The molecular formula is C14H22N2O4S. The highest BCUT2D eigenvalue weighted by molar-refractivity contribution is 7.92. The smallest absolute Gasteiger partial charge is 0.240 e. The lowest BCUT2D eigenvalue weighted by atomic mass is 10.3. The zero-order valence-electron chi connectivity index (χ0n) is 12.8. The van der Waals surface area contributed by atoms with E-state index in [4.69, 9.17) is 4.74 Å². The van der Waals surface area contributed by atoms with Crippen molar-refractivity contribution in [2.24, 2.45) is 0 Å². The van der Waals surface area contributed by atoms with E-state index >= 15 is 0 Å². The second kappa shape index (κ2) is 7.31. The molecule has 0 spiro atoms. The van der Waals surface area contributed by atoms with Gasteiger partial charge < -0.3 is 10.1 Å². The van der Waals surface area contributed by atoms with E-state index < -0.39 is 10.0 Å². The fourth-order valence-electron chi connectivity index (χ4n) is 1.79. The summed E-state index contributed by atoms with van der Waals surface area (Å²) in [6.45, 7) is 5.70. The first-order valence-corrected chi connectivity index (χ1v) is 8.58. The van der Waals surface area contributed by atoms with E-state index in [1.807, 2.05) is 20.8 Å². The molecule has 0 radical (unpaired) electrons. The van der Waals surface area contributed by atoms with Crippen molar-refractivity contribution in [2.75, 3.05) is 23.7 Å². The largest absolute Gasteiger partial charge is 0.494 e. The van der Waals surface area contributed by atoms with Crippen LogP contribution in [0.5, 0.6) is 5.75 Å². The third-order valence-corrected chi connectivity index (χ3v) is 3.69. The van der Waals surface area contributed by atoms with Gasteiger partial charge in [0.15, 0.2) is 0 Å². The number of carbonyl (C=O) groups is 1. The molecule has 0 aromatic heterocycles. The van der Waals surface area contributed by atoms with Gasteiger partial charge in [0.25, 0.3) is 0 Å². The van der Waals surface area contributed by atoms with E-state index in [-0.39, 0.29) is 18.5 Å². The van der Waals surface area contributed by atoms with Gasteiger partial charge in [-0.15, -0.1) is 0 Å². The first-order chi connectivity index (χ1) is 9.74. The quantitative estimate of drug-likeness (QED) is 0.825. The van der Waals surface area contributed by atoms with Crippen molar-refractivity contribution in [1.82, 2.24) is 5.32 Å². The van der Waals surface area contributed by atoms with Crippen LogP contribution in [0.15, 0.2) is 24.3 Å². The molecule has 0 unspecified atom stereocenters. The van der Waals surface area contributed by atoms with Crippen LogP contribution in [-0.4, -0.2) is 39.8 Å². The number of nitrogens with zero attached hydrogens (tertiary/aromatic N) is 1. The molecule has 1 amide bonds. The first kappa shape index (κ1) is 17.3. The Hall–Kier alpha value is -1.76. The summed E-state index contributed by atoms with van der Waals surface area (Å²) in [5.74, 6) is 0.213. The number of hydrogen-bond acceptors (Lipinski definition) is 4. The molecule has 7 heteroatoms. The summed E-state index contributed by atoms with van der Waals surface area (Å²) in [6, 6.07) is 6.62. The van der Waals surface area contributed by atoms with E-state index in [1.165, 1.54) is 0 Å². The SMILES string of the molecule is CCOc1cccc(N(CC(=O)NC(C)C)S(C)(=O)=O)c1. The van der Waals surface area contributed by atoms with Crippen molar-refractivity contribution in [3.63, 3.8) is 0 Å². The summed E-state index contributed by atoms with van der Waals surface area (Å²) in [5, 5.41) is 2.68. The fraction of sp³-hybridized carbons (Fsp3) is 0.500. The average molecular weight is 314 g/mol. The van der Waals surface area contributed by atoms with Crippen LogP contribution in [0.4, 0.5) is 5.69 Å². The van der Waals surface area contributed by atoms with Gasteiger partial charge in [0.2, 0.25) is 15.9 Å². The van der Waals surface area contributed by atoms with Crippen LogP contribution in [0.25, 0.3) is 0 Å². The van der Waals surface area contributed by atoms with Gasteiger partial charge in [-0.05, 0) is 32.9 Å². The van der Waals surface area contributed by atoms with Gasteiger partial charge in [-0.2, -0.15) is 0 Å². The second-order valence-electron chi connectivity index (χ2n) is 4.92. The van der Waals surface area contributed by atoms with Crippen LogP contribution >= 0.6 is 0 Å². The maximum Gasteiger partial charge on any atom is 0.240 e. The molecule has 0 bridgehead atoms. The summed E-state index contributed by atoms with van der Waals surface area (Å²) in [7, 11) is -3.56. The first-order valence-electron chi connectivity index (χ1n) is 6.74. The monoisotopic (exact) mass is 314 g/mol. The molecule has 1 aromatic carbocycles. The summed E-state index contributed by atoms with van der Waals surface area (Å²) in [5.41, 5.74) is 0.405. The molecule has 1 rings (SSSR count). The van der Waals surface area contributed by atoms with Gasteiger partial charge in [0.1, 0.15) is 12.3 Å². The number of rotatable bonds is 7. The third-order valence-electron chi connectivity index (χ3n) is 2.55.